The molecule has 1 saturated heterocycles. The van der Waals surface area contributed by atoms with E-state index in [4.69, 9.17) is 16.3 Å². The molecule has 0 radical (unpaired) electrons. The first-order chi connectivity index (χ1) is 19.4. The van der Waals surface area contributed by atoms with Crippen molar-refractivity contribution in [3.63, 3.8) is 0 Å². The van der Waals surface area contributed by atoms with Gasteiger partial charge in [-0.1, -0.05) is 36.1 Å². The number of carbonyl (C=O) groups is 2. The van der Waals surface area contributed by atoms with Crippen LogP contribution >= 0.6 is 11.6 Å². The van der Waals surface area contributed by atoms with Crippen molar-refractivity contribution in [2.24, 2.45) is 5.41 Å². The highest BCUT2D eigenvalue weighted by molar-refractivity contribution is 6.32. The van der Waals surface area contributed by atoms with E-state index in [0.29, 0.717) is 51.9 Å². The summed E-state index contributed by atoms with van der Waals surface area (Å²) in [6, 6.07) is 7.27. The van der Waals surface area contributed by atoms with Gasteiger partial charge in [0.2, 0.25) is 5.91 Å². The molecule has 9 nitrogen and oxygen atoms in total. The zero-order valence-electron chi connectivity index (χ0n) is 22.0. The molecule has 3 aromatic rings. The third-order valence-corrected chi connectivity index (χ3v) is 8.12. The Kier molecular flexibility index (Phi) is 6.53. The van der Waals surface area contributed by atoms with Crippen LogP contribution in [-0.2, 0) is 11.2 Å². The maximum Gasteiger partial charge on any atom is 0.255 e. The van der Waals surface area contributed by atoms with Gasteiger partial charge in [0.05, 0.1) is 40.3 Å². The molecule has 204 valence electrons. The quantitative estimate of drug-likeness (QED) is 0.234. The van der Waals surface area contributed by atoms with E-state index in [0.717, 1.165) is 37.2 Å². The fourth-order valence-corrected chi connectivity index (χ4v) is 6.26. The number of aromatic nitrogens is 2. The number of nitrogens with one attached hydrogen (secondary N) is 5. The second-order valence-electron chi connectivity index (χ2n) is 10.6. The van der Waals surface area contributed by atoms with E-state index in [1.807, 2.05) is 18.2 Å². The highest BCUT2D eigenvalue weighted by Crippen LogP contribution is 2.51. The molecule has 1 aliphatic carbocycles. The molecule has 0 atom stereocenters. The summed E-state index contributed by atoms with van der Waals surface area (Å²) in [5, 5.41) is 13.2. The lowest BCUT2D eigenvalue weighted by Crippen LogP contribution is -2.71. The minimum atomic E-state index is -0.634. The largest absolute Gasteiger partial charge is 0.493 e. The highest BCUT2D eigenvalue weighted by Gasteiger charge is 2.57. The number of anilines is 2. The van der Waals surface area contributed by atoms with Crippen LogP contribution in [0.4, 0.5) is 11.4 Å². The Morgan fingerprint density at radius 2 is 2.10 bits per heavy atom. The molecule has 1 saturated carbocycles. The Morgan fingerprint density at radius 3 is 2.83 bits per heavy atom. The van der Waals surface area contributed by atoms with E-state index in [9.17, 15) is 9.59 Å². The van der Waals surface area contributed by atoms with Crippen LogP contribution in [0.15, 0.2) is 49.3 Å². The number of methoxy groups -OCH3 is 1. The van der Waals surface area contributed by atoms with E-state index in [1.165, 1.54) is 6.08 Å². The van der Waals surface area contributed by atoms with Crippen molar-refractivity contribution in [1.29, 1.82) is 0 Å². The molecule has 4 heterocycles. The average molecular weight is 557 g/mol. The number of para-hydroxylation sites is 1. The number of rotatable bonds is 6. The maximum absolute atomic E-state index is 13.1. The summed E-state index contributed by atoms with van der Waals surface area (Å²) in [6.45, 7) is 5.99. The van der Waals surface area contributed by atoms with Gasteiger partial charge >= 0.3 is 0 Å². The van der Waals surface area contributed by atoms with E-state index >= 15 is 0 Å². The van der Waals surface area contributed by atoms with E-state index < -0.39 is 5.54 Å². The molecular weight excluding hydrogens is 528 g/mol. The molecular formula is C30H29ClN6O3. The van der Waals surface area contributed by atoms with Crippen LogP contribution in [0.2, 0.25) is 5.02 Å². The van der Waals surface area contributed by atoms with Crippen LogP contribution in [0.1, 0.15) is 34.5 Å². The first kappa shape index (κ1) is 26.0. The summed E-state index contributed by atoms with van der Waals surface area (Å²) in [5.74, 6) is 6.73. The molecule has 1 aromatic carbocycles. The summed E-state index contributed by atoms with van der Waals surface area (Å²) in [6.07, 6.45) is 6.87. The summed E-state index contributed by atoms with van der Waals surface area (Å²) >= 11 is 6.39. The van der Waals surface area contributed by atoms with Gasteiger partial charge < -0.3 is 31.0 Å². The zero-order chi connectivity index (χ0) is 27.9. The summed E-state index contributed by atoms with van der Waals surface area (Å²) in [4.78, 5) is 33.1. The third-order valence-electron chi connectivity index (χ3n) is 7.82. The smallest absolute Gasteiger partial charge is 0.255 e. The van der Waals surface area contributed by atoms with Crippen LogP contribution < -0.4 is 26.0 Å². The monoisotopic (exact) mass is 556 g/mol. The average Bonchev–Trinajstić information content (AvgIpc) is 3.28. The minimum absolute atomic E-state index is 0.172. The van der Waals surface area contributed by atoms with Crippen molar-refractivity contribution in [3.8, 4) is 28.8 Å². The van der Waals surface area contributed by atoms with Crippen LogP contribution in [0.3, 0.4) is 0 Å². The SMILES string of the molecule is C=CC(=O)NC1(C#Cc2cnccc2-c2[nH]c3c(c2Nc2cccc(Cl)c2OC)C(=O)NCC3)CC2(CNC2)C1. The van der Waals surface area contributed by atoms with E-state index in [-0.39, 0.29) is 17.2 Å². The fraction of sp³-hybridized carbons (Fsp3) is 0.300. The van der Waals surface area contributed by atoms with Gasteiger partial charge in [0, 0.05) is 55.1 Å². The molecule has 2 fully saturated rings. The Morgan fingerprint density at radius 1 is 1.27 bits per heavy atom. The molecule has 1 spiro atoms. The van der Waals surface area contributed by atoms with Gasteiger partial charge in [0.15, 0.2) is 5.75 Å². The predicted octanol–water partition coefficient (Wildman–Crippen LogP) is 3.54. The highest BCUT2D eigenvalue weighted by atomic mass is 35.5. The predicted molar refractivity (Wildman–Crippen MR) is 154 cm³/mol. The minimum Gasteiger partial charge on any atom is -0.493 e. The summed E-state index contributed by atoms with van der Waals surface area (Å²) in [7, 11) is 1.55. The molecule has 0 bridgehead atoms. The van der Waals surface area contributed by atoms with Crippen molar-refractivity contribution in [2.75, 3.05) is 32.1 Å². The first-order valence-corrected chi connectivity index (χ1v) is 13.5. The number of nitrogens with zero attached hydrogens (tertiary/aromatic N) is 1. The number of ether oxygens (including phenoxy) is 1. The summed E-state index contributed by atoms with van der Waals surface area (Å²) in [5.41, 5.74) is 4.27. The lowest BCUT2D eigenvalue weighted by molar-refractivity contribution is -0.121. The molecule has 10 heteroatoms. The number of hydrogen-bond acceptors (Lipinski definition) is 6. The molecule has 5 N–H and O–H groups in total. The Balaban J connectivity index is 1.43. The number of halogens is 1. The number of hydrogen-bond donors (Lipinski definition) is 5. The number of amides is 2. The van der Waals surface area contributed by atoms with Crippen LogP contribution in [0.5, 0.6) is 5.75 Å². The van der Waals surface area contributed by atoms with Crippen LogP contribution in [0.25, 0.3) is 11.3 Å². The number of pyridine rings is 1. The molecule has 2 amide bonds. The standard InChI is InChI=1S/C30H29ClN6O3/c1-3-23(38)37-30(14-29(15-30)16-33-17-29)10-7-18-13-32-11-8-19(18)25-26(24-21(35-25)9-12-34-28(24)39)36-22-6-4-5-20(31)27(22)40-2/h3-6,8,11,13,33,35-36H,1,9,12,14-17H2,2H3,(H,34,39)(H,37,38). The van der Waals surface area contributed by atoms with Gasteiger partial charge in [0.25, 0.3) is 5.91 Å². The Bertz CT molecular complexity index is 1590. The zero-order valence-corrected chi connectivity index (χ0v) is 22.8. The second kappa shape index (κ2) is 10.0. The van der Waals surface area contributed by atoms with Crippen LogP contribution in [-0.4, -0.2) is 54.1 Å². The second-order valence-corrected chi connectivity index (χ2v) is 11.0. The van der Waals surface area contributed by atoms with Crippen molar-refractivity contribution in [2.45, 2.75) is 24.8 Å². The van der Waals surface area contributed by atoms with Gasteiger partial charge in [-0.25, -0.2) is 0 Å². The van der Waals surface area contributed by atoms with Gasteiger partial charge in [-0.05, 0) is 37.1 Å². The Labute approximate surface area is 237 Å². The lowest BCUT2D eigenvalue weighted by atomic mass is 9.54. The number of benzene rings is 1. The third kappa shape index (κ3) is 4.49. The Hall–Kier alpha value is -4.26. The first-order valence-electron chi connectivity index (χ1n) is 13.1. The number of fused-ring (bicyclic) bond motifs is 1. The maximum atomic E-state index is 13.1. The van der Waals surface area contributed by atoms with Gasteiger partial charge in [0.1, 0.15) is 5.54 Å². The molecule has 6 rings (SSSR count). The van der Waals surface area contributed by atoms with E-state index in [1.54, 1.807) is 25.6 Å². The molecule has 2 aromatic heterocycles. The van der Waals surface area contributed by atoms with Gasteiger partial charge in [-0.2, -0.15) is 0 Å². The molecule has 0 unspecified atom stereocenters. The number of carbonyl (C=O) groups excluding carboxylic acids is 2. The van der Waals surface area contributed by atoms with Crippen molar-refractivity contribution < 1.29 is 14.3 Å². The molecule has 40 heavy (non-hydrogen) atoms. The van der Waals surface area contributed by atoms with E-state index in [2.05, 4.69) is 49.7 Å². The van der Waals surface area contributed by atoms with Crippen molar-refractivity contribution in [3.05, 3.63) is 71.2 Å². The summed E-state index contributed by atoms with van der Waals surface area (Å²) < 4.78 is 5.55. The number of aromatic amines is 1. The fourth-order valence-electron chi connectivity index (χ4n) is 6.01. The lowest BCUT2D eigenvalue weighted by Gasteiger charge is -2.59. The van der Waals surface area contributed by atoms with Crippen molar-refractivity contribution in [1.82, 2.24) is 25.9 Å². The van der Waals surface area contributed by atoms with Crippen molar-refractivity contribution >= 4 is 34.8 Å². The topological polar surface area (TPSA) is 120 Å². The van der Waals surface area contributed by atoms with Gasteiger partial charge in [-0.3, -0.25) is 14.6 Å². The molecule has 2 aliphatic heterocycles. The van der Waals surface area contributed by atoms with Gasteiger partial charge in [-0.15, -0.1) is 0 Å². The normalized spacial score (nSPS) is 17.7. The van der Waals surface area contributed by atoms with Crippen LogP contribution in [0, 0.1) is 17.3 Å². The number of H-pyrrole nitrogens is 1. The molecule has 3 aliphatic rings.